The number of rotatable bonds is 2. The van der Waals surface area contributed by atoms with Gasteiger partial charge in [0.1, 0.15) is 0 Å². The minimum atomic E-state index is 0.569. The van der Waals surface area contributed by atoms with E-state index >= 15 is 0 Å². The average molecular weight is 384 g/mol. The van der Waals surface area contributed by atoms with Crippen molar-refractivity contribution in [2.45, 2.75) is 20.2 Å². The molecule has 2 rings (SSSR count). The Hall–Kier alpha value is 0.680. The van der Waals surface area contributed by atoms with Gasteiger partial charge in [-0.2, -0.15) is 0 Å². The Morgan fingerprint density at radius 1 is 1.33 bits per heavy atom. The summed E-state index contributed by atoms with van der Waals surface area (Å²) >= 11 is 5.16. The van der Waals surface area contributed by atoms with Crippen molar-refractivity contribution in [3.8, 4) is 0 Å². The first-order valence-corrected chi connectivity index (χ1v) is 6.40. The van der Waals surface area contributed by atoms with Crippen LogP contribution in [0.1, 0.15) is 12.0 Å². The Morgan fingerprint density at radius 3 is 2.42 bits per heavy atom. The van der Waals surface area contributed by atoms with Crippen molar-refractivity contribution in [3.05, 3.63) is 35.9 Å². The van der Waals surface area contributed by atoms with Crippen LogP contribution in [0.15, 0.2) is 30.3 Å². The maximum atomic E-state index is 2.61. The lowest BCUT2D eigenvalue weighted by molar-refractivity contribution is 0.933. The standard InChI is InChI=1S/C10H10I2/c11-9-7-10(9,12)6-8-4-2-1-3-5-8/h1-5,9H,6-7H2. The normalized spacial score (nSPS) is 33.3. The zero-order valence-electron chi connectivity index (χ0n) is 6.63. The van der Waals surface area contributed by atoms with E-state index in [2.05, 4.69) is 75.5 Å². The summed E-state index contributed by atoms with van der Waals surface area (Å²) in [5, 5.41) is 0. The van der Waals surface area contributed by atoms with Crippen LogP contribution in [0, 0.1) is 0 Å². The summed E-state index contributed by atoms with van der Waals surface area (Å²) in [6, 6.07) is 10.8. The van der Waals surface area contributed by atoms with Gasteiger partial charge in [0.2, 0.25) is 0 Å². The van der Waals surface area contributed by atoms with E-state index in [-0.39, 0.29) is 0 Å². The van der Waals surface area contributed by atoms with Crippen LogP contribution in [0.25, 0.3) is 0 Å². The summed E-state index contributed by atoms with van der Waals surface area (Å²) in [5.74, 6) is 0. The third kappa shape index (κ3) is 1.95. The van der Waals surface area contributed by atoms with Crippen molar-refractivity contribution < 1.29 is 0 Å². The fourth-order valence-corrected chi connectivity index (χ4v) is 4.09. The van der Waals surface area contributed by atoms with Gasteiger partial charge in [-0.05, 0) is 18.4 Å². The van der Waals surface area contributed by atoms with Crippen LogP contribution >= 0.6 is 45.2 Å². The largest absolute Gasteiger partial charge is 0.0811 e. The quantitative estimate of drug-likeness (QED) is 0.540. The lowest BCUT2D eigenvalue weighted by atomic mass is 10.1. The molecule has 0 bridgehead atoms. The molecule has 12 heavy (non-hydrogen) atoms. The van der Waals surface area contributed by atoms with Crippen molar-refractivity contribution in [2.24, 2.45) is 0 Å². The molecule has 0 spiro atoms. The van der Waals surface area contributed by atoms with Gasteiger partial charge in [0.25, 0.3) is 0 Å². The summed E-state index contributed by atoms with van der Waals surface area (Å²) in [6.07, 6.45) is 2.62. The van der Waals surface area contributed by atoms with Crippen molar-refractivity contribution in [1.29, 1.82) is 0 Å². The molecule has 1 saturated carbocycles. The second-order valence-corrected chi connectivity index (χ2v) is 7.02. The Morgan fingerprint density at radius 2 is 1.92 bits per heavy atom. The van der Waals surface area contributed by atoms with E-state index in [4.69, 9.17) is 0 Å². The zero-order chi connectivity index (χ0) is 8.60. The molecule has 0 aromatic heterocycles. The highest BCUT2D eigenvalue weighted by molar-refractivity contribution is 14.1. The molecule has 0 nitrogen and oxygen atoms in total. The van der Waals surface area contributed by atoms with E-state index in [0.717, 1.165) is 3.92 Å². The van der Waals surface area contributed by atoms with Gasteiger partial charge in [-0.25, -0.2) is 0 Å². The van der Waals surface area contributed by atoms with E-state index < -0.39 is 0 Å². The molecule has 2 atom stereocenters. The highest BCUT2D eigenvalue weighted by atomic mass is 127. The fourth-order valence-electron chi connectivity index (χ4n) is 1.36. The van der Waals surface area contributed by atoms with Crippen molar-refractivity contribution in [2.75, 3.05) is 0 Å². The molecule has 0 saturated heterocycles. The highest BCUT2D eigenvalue weighted by Gasteiger charge is 2.50. The Kier molecular flexibility index (Phi) is 2.65. The van der Waals surface area contributed by atoms with Crippen LogP contribution in [-0.2, 0) is 6.42 Å². The van der Waals surface area contributed by atoms with Gasteiger partial charge in [-0.1, -0.05) is 75.5 Å². The summed E-state index contributed by atoms with van der Waals surface area (Å²) in [4.78, 5) is 0. The van der Waals surface area contributed by atoms with Crippen LogP contribution in [0.2, 0.25) is 0 Å². The molecule has 0 N–H and O–H groups in total. The van der Waals surface area contributed by atoms with E-state index in [1.165, 1.54) is 18.4 Å². The highest BCUT2D eigenvalue weighted by Crippen LogP contribution is 2.53. The molecular formula is C10H10I2. The van der Waals surface area contributed by atoms with E-state index in [9.17, 15) is 0 Å². The number of halogens is 2. The predicted octanol–water partition coefficient (Wildman–Crippen LogP) is 3.61. The summed E-state index contributed by atoms with van der Waals surface area (Å²) < 4.78 is 1.45. The van der Waals surface area contributed by atoms with Crippen molar-refractivity contribution in [1.82, 2.24) is 0 Å². The maximum absolute atomic E-state index is 2.61. The lowest BCUT2D eigenvalue weighted by Gasteiger charge is -2.06. The van der Waals surface area contributed by atoms with Crippen LogP contribution < -0.4 is 0 Å². The van der Waals surface area contributed by atoms with Gasteiger partial charge in [0.05, 0.1) is 0 Å². The van der Waals surface area contributed by atoms with Gasteiger partial charge in [-0.15, -0.1) is 0 Å². The molecule has 1 aliphatic rings. The molecule has 1 aromatic carbocycles. The Labute approximate surface area is 100 Å². The van der Waals surface area contributed by atoms with E-state index in [0.29, 0.717) is 3.42 Å². The topological polar surface area (TPSA) is 0 Å². The van der Waals surface area contributed by atoms with E-state index in [1.54, 1.807) is 0 Å². The second kappa shape index (κ2) is 3.44. The van der Waals surface area contributed by atoms with Gasteiger partial charge < -0.3 is 0 Å². The van der Waals surface area contributed by atoms with Gasteiger partial charge in [-0.3, -0.25) is 0 Å². The third-order valence-electron chi connectivity index (χ3n) is 2.26. The predicted molar refractivity (Wildman–Crippen MR) is 69.3 cm³/mol. The molecule has 2 heteroatoms. The third-order valence-corrected chi connectivity index (χ3v) is 6.66. The average Bonchev–Trinajstić information content (AvgIpc) is 2.61. The minimum absolute atomic E-state index is 0.569. The molecule has 1 aromatic rings. The summed E-state index contributed by atoms with van der Waals surface area (Å²) in [6.45, 7) is 0. The molecule has 1 fully saturated rings. The molecule has 0 radical (unpaired) electrons. The molecule has 0 amide bonds. The van der Waals surface area contributed by atoms with Gasteiger partial charge in [0.15, 0.2) is 0 Å². The minimum Gasteiger partial charge on any atom is -0.0811 e. The molecular weight excluding hydrogens is 374 g/mol. The van der Waals surface area contributed by atoms with Crippen LogP contribution in [0.3, 0.4) is 0 Å². The molecule has 0 heterocycles. The molecule has 2 unspecified atom stereocenters. The number of hydrogen-bond donors (Lipinski definition) is 0. The fraction of sp³-hybridized carbons (Fsp3) is 0.400. The Bertz CT molecular complexity index is 270. The van der Waals surface area contributed by atoms with Crippen LogP contribution in [0.4, 0.5) is 0 Å². The maximum Gasteiger partial charge on any atom is 0.0390 e. The van der Waals surface area contributed by atoms with Crippen LogP contribution in [-0.4, -0.2) is 7.35 Å². The first-order valence-electron chi connectivity index (χ1n) is 4.08. The zero-order valence-corrected chi connectivity index (χ0v) is 10.9. The Balaban J connectivity index is 2.06. The monoisotopic (exact) mass is 384 g/mol. The van der Waals surface area contributed by atoms with Crippen LogP contribution in [0.5, 0.6) is 0 Å². The number of alkyl halides is 2. The lowest BCUT2D eigenvalue weighted by Crippen LogP contribution is -2.05. The van der Waals surface area contributed by atoms with Crippen molar-refractivity contribution >= 4 is 45.2 Å². The summed E-state index contributed by atoms with van der Waals surface area (Å²) in [5.41, 5.74) is 1.48. The van der Waals surface area contributed by atoms with Gasteiger partial charge in [0, 0.05) is 7.35 Å². The molecule has 0 aliphatic heterocycles. The number of hydrogen-bond acceptors (Lipinski definition) is 0. The molecule has 64 valence electrons. The number of benzene rings is 1. The van der Waals surface area contributed by atoms with E-state index in [1.807, 2.05) is 0 Å². The summed E-state index contributed by atoms with van der Waals surface area (Å²) in [7, 11) is 0. The first-order chi connectivity index (χ1) is 5.71. The molecule has 1 aliphatic carbocycles. The van der Waals surface area contributed by atoms with Crippen molar-refractivity contribution in [3.63, 3.8) is 0 Å². The SMILES string of the molecule is IC1CC1(I)Cc1ccccc1. The smallest absolute Gasteiger partial charge is 0.0390 e. The van der Waals surface area contributed by atoms with Gasteiger partial charge >= 0.3 is 0 Å². The second-order valence-electron chi connectivity index (χ2n) is 3.37. The first kappa shape index (κ1) is 9.24.